The maximum atomic E-state index is 8.43. The van der Waals surface area contributed by atoms with Gasteiger partial charge in [0.2, 0.25) is 0 Å². The second kappa shape index (κ2) is 4.87. The molecule has 1 rings (SSSR count). The molecule has 1 saturated heterocycles. The molecule has 11 heavy (non-hydrogen) atoms. The lowest BCUT2D eigenvalue weighted by Gasteiger charge is -2.14. The molecular weight excluding hydrogens is 180 g/mol. The summed E-state index contributed by atoms with van der Waals surface area (Å²) in [6.07, 6.45) is 1.71. The van der Waals surface area contributed by atoms with Crippen molar-refractivity contribution in [1.29, 1.82) is 5.26 Å². The van der Waals surface area contributed by atoms with Gasteiger partial charge < -0.3 is 4.90 Å². The topological polar surface area (TPSA) is 27.0 Å². The molecule has 1 aliphatic rings. The van der Waals surface area contributed by atoms with Crippen LogP contribution in [0, 0.1) is 11.3 Å². The van der Waals surface area contributed by atoms with Crippen LogP contribution in [0.2, 0.25) is 0 Å². The average molecular weight is 193 g/mol. The van der Waals surface area contributed by atoms with Crippen LogP contribution in [-0.2, 0) is 0 Å². The van der Waals surface area contributed by atoms with Gasteiger partial charge in [0.1, 0.15) is 0 Å². The van der Waals surface area contributed by atoms with E-state index in [2.05, 4.69) is 30.6 Å². The Morgan fingerprint density at radius 3 is 2.73 bits per heavy atom. The second-order valence-corrected chi connectivity index (χ2v) is 3.58. The molecule has 0 aromatic rings. The fourth-order valence-electron chi connectivity index (χ4n) is 1.39. The highest BCUT2D eigenvalue weighted by atomic mass is 35.5. The lowest BCUT2D eigenvalue weighted by atomic mass is 10.2. The van der Waals surface area contributed by atoms with Gasteiger partial charge in [-0.15, -0.1) is 12.4 Å². The zero-order valence-corrected chi connectivity index (χ0v) is 8.24. The maximum Gasteiger partial charge on any atom is 0.0638 e. The fraction of sp³-hybridized carbons (Fsp3) is 0.857. The van der Waals surface area contributed by atoms with Crippen LogP contribution in [0.15, 0.2) is 0 Å². The standard InChI is InChI=1S/C7H12N2S.ClH/c1-9-5-7(10)4-6(9)2-3-8;/h6-7,10H,2,4-5H2,1H3;1H. The Bertz CT molecular complexity index is 157. The van der Waals surface area contributed by atoms with Crippen LogP contribution in [0.4, 0.5) is 0 Å². The van der Waals surface area contributed by atoms with E-state index < -0.39 is 0 Å². The van der Waals surface area contributed by atoms with Gasteiger partial charge in [0.25, 0.3) is 0 Å². The van der Waals surface area contributed by atoms with Crippen molar-refractivity contribution in [2.24, 2.45) is 0 Å². The number of nitrogens with zero attached hydrogens (tertiary/aromatic N) is 2. The van der Waals surface area contributed by atoms with E-state index in [0.717, 1.165) is 13.0 Å². The summed E-state index contributed by atoms with van der Waals surface area (Å²) >= 11 is 4.35. The van der Waals surface area contributed by atoms with Gasteiger partial charge in [0.05, 0.1) is 12.5 Å². The number of hydrogen-bond donors (Lipinski definition) is 1. The summed E-state index contributed by atoms with van der Waals surface area (Å²) in [4.78, 5) is 2.21. The molecule has 0 N–H and O–H groups in total. The Morgan fingerprint density at radius 1 is 1.73 bits per heavy atom. The summed E-state index contributed by atoms with van der Waals surface area (Å²) in [5, 5.41) is 8.90. The van der Waals surface area contributed by atoms with Gasteiger partial charge in [0, 0.05) is 17.8 Å². The van der Waals surface area contributed by atoms with E-state index in [4.69, 9.17) is 5.26 Å². The van der Waals surface area contributed by atoms with Crippen molar-refractivity contribution in [2.45, 2.75) is 24.1 Å². The molecule has 0 aliphatic carbocycles. The molecule has 0 aromatic heterocycles. The first-order valence-electron chi connectivity index (χ1n) is 3.49. The molecule has 2 unspecified atom stereocenters. The lowest BCUT2D eigenvalue weighted by Crippen LogP contribution is -2.24. The Hall–Kier alpha value is 0.0900. The van der Waals surface area contributed by atoms with Gasteiger partial charge in [-0.1, -0.05) is 0 Å². The van der Waals surface area contributed by atoms with Gasteiger partial charge in [-0.25, -0.2) is 0 Å². The summed E-state index contributed by atoms with van der Waals surface area (Å²) in [6, 6.07) is 2.64. The number of halogens is 1. The van der Waals surface area contributed by atoms with Crippen LogP contribution in [0.25, 0.3) is 0 Å². The average Bonchev–Trinajstić information content (AvgIpc) is 2.13. The second-order valence-electron chi connectivity index (χ2n) is 2.85. The number of rotatable bonds is 1. The third-order valence-electron chi connectivity index (χ3n) is 1.99. The number of nitriles is 1. The highest BCUT2D eigenvalue weighted by Crippen LogP contribution is 2.21. The van der Waals surface area contributed by atoms with Crippen LogP contribution < -0.4 is 0 Å². The molecule has 0 radical (unpaired) electrons. The van der Waals surface area contributed by atoms with E-state index in [1.807, 2.05) is 0 Å². The minimum Gasteiger partial charge on any atom is -0.301 e. The normalized spacial score (nSPS) is 31.0. The largest absolute Gasteiger partial charge is 0.301 e. The lowest BCUT2D eigenvalue weighted by molar-refractivity contribution is 0.315. The van der Waals surface area contributed by atoms with Gasteiger partial charge in [-0.3, -0.25) is 0 Å². The quantitative estimate of drug-likeness (QED) is 0.635. The van der Waals surface area contributed by atoms with Crippen molar-refractivity contribution in [3.63, 3.8) is 0 Å². The van der Waals surface area contributed by atoms with Gasteiger partial charge in [-0.05, 0) is 13.5 Å². The molecule has 1 heterocycles. The number of hydrogen-bond acceptors (Lipinski definition) is 3. The van der Waals surface area contributed by atoms with Gasteiger partial charge >= 0.3 is 0 Å². The van der Waals surface area contributed by atoms with Crippen LogP contribution in [0.3, 0.4) is 0 Å². The molecule has 0 spiro atoms. The van der Waals surface area contributed by atoms with Crippen molar-refractivity contribution in [2.75, 3.05) is 13.6 Å². The molecule has 2 nitrogen and oxygen atoms in total. The first-order valence-corrected chi connectivity index (χ1v) is 4.01. The Morgan fingerprint density at radius 2 is 2.36 bits per heavy atom. The van der Waals surface area contributed by atoms with Crippen molar-refractivity contribution in [3.05, 3.63) is 0 Å². The van der Waals surface area contributed by atoms with Gasteiger partial charge in [0.15, 0.2) is 0 Å². The molecule has 0 aromatic carbocycles. The minimum absolute atomic E-state index is 0. The van der Waals surface area contributed by atoms with E-state index in [1.165, 1.54) is 0 Å². The molecule has 2 atom stereocenters. The van der Waals surface area contributed by atoms with Crippen LogP contribution in [0.5, 0.6) is 0 Å². The summed E-state index contributed by atoms with van der Waals surface area (Å²) in [6.45, 7) is 1.02. The van der Waals surface area contributed by atoms with Crippen LogP contribution in [-0.4, -0.2) is 29.8 Å². The third kappa shape index (κ3) is 2.90. The Balaban J connectivity index is 0.000001000. The molecule has 4 heteroatoms. The minimum atomic E-state index is 0. The Labute approximate surface area is 79.4 Å². The van der Waals surface area contributed by atoms with E-state index >= 15 is 0 Å². The highest BCUT2D eigenvalue weighted by Gasteiger charge is 2.26. The van der Waals surface area contributed by atoms with E-state index in [-0.39, 0.29) is 12.4 Å². The van der Waals surface area contributed by atoms with Crippen LogP contribution in [0.1, 0.15) is 12.8 Å². The summed E-state index contributed by atoms with van der Waals surface area (Å²) in [5.74, 6) is 0. The molecule has 1 fully saturated rings. The van der Waals surface area contributed by atoms with E-state index in [1.54, 1.807) is 0 Å². The third-order valence-corrected chi connectivity index (χ3v) is 2.37. The summed E-state index contributed by atoms with van der Waals surface area (Å²) in [5.41, 5.74) is 0. The summed E-state index contributed by atoms with van der Waals surface area (Å²) < 4.78 is 0. The summed E-state index contributed by atoms with van der Waals surface area (Å²) in [7, 11) is 2.05. The Kier molecular flexibility index (Phi) is 4.91. The van der Waals surface area contributed by atoms with Crippen molar-refractivity contribution >= 4 is 25.0 Å². The van der Waals surface area contributed by atoms with E-state index in [0.29, 0.717) is 17.7 Å². The molecule has 0 amide bonds. The van der Waals surface area contributed by atoms with Crippen molar-refractivity contribution in [1.82, 2.24) is 4.90 Å². The monoisotopic (exact) mass is 192 g/mol. The first-order chi connectivity index (χ1) is 4.74. The maximum absolute atomic E-state index is 8.43. The SMILES string of the molecule is CN1CC(S)CC1CC#N.Cl. The highest BCUT2D eigenvalue weighted by molar-refractivity contribution is 7.81. The first kappa shape index (κ1) is 11.1. The molecule has 1 aliphatic heterocycles. The molecular formula is C7H13ClN2S. The van der Waals surface area contributed by atoms with Gasteiger partial charge in [-0.2, -0.15) is 17.9 Å². The van der Waals surface area contributed by atoms with Crippen molar-refractivity contribution < 1.29 is 0 Å². The number of likely N-dealkylation sites (tertiary alicyclic amines) is 1. The predicted octanol–water partition coefficient (Wildman–Crippen LogP) is 1.32. The molecule has 0 saturated carbocycles. The molecule has 64 valence electrons. The number of thiol groups is 1. The zero-order valence-electron chi connectivity index (χ0n) is 6.53. The fourth-order valence-corrected chi connectivity index (χ4v) is 1.90. The van der Waals surface area contributed by atoms with Crippen molar-refractivity contribution in [3.8, 4) is 6.07 Å². The van der Waals surface area contributed by atoms with Crippen LogP contribution >= 0.6 is 25.0 Å². The zero-order chi connectivity index (χ0) is 7.56. The smallest absolute Gasteiger partial charge is 0.0638 e. The molecule has 0 bridgehead atoms. The van der Waals surface area contributed by atoms with E-state index in [9.17, 15) is 0 Å². The predicted molar refractivity (Wildman–Crippen MR) is 51.3 cm³/mol.